The zero-order chi connectivity index (χ0) is 11.3. The van der Waals surface area contributed by atoms with E-state index in [1.807, 2.05) is 0 Å². The normalized spacial score (nSPS) is 25.9. The van der Waals surface area contributed by atoms with E-state index in [-0.39, 0.29) is 18.4 Å². The van der Waals surface area contributed by atoms with Crippen LogP contribution in [0.5, 0.6) is 0 Å². The number of hydrogen-bond acceptors (Lipinski definition) is 3. The predicted octanol–water partition coefficient (Wildman–Crippen LogP) is -0.0477. The Morgan fingerprint density at radius 3 is 2.33 bits per heavy atom. The molecule has 0 unspecified atom stereocenters. The Morgan fingerprint density at radius 2 is 1.87 bits per heavy atom. The van der Waals surface area contributed by atoms with Crippen LogP contribution in [0.2, 0.25) is 0 Å². The fourth-order valence-electron chi connectivity index (χ4n) is 1.97. The van der Waals surface area contributed by atoms with Crippen LogP contribution in [0.15, 0.2) is 0 Å². The lowest BCUT2D eigenvalue weighted by Crippen LogP contribution is -2.36. The molecule has 0 atom stereocenters. The highest BCUT2D eigenvalue weighted by molar-refractivity contribution is 5.82. The molecule has 0 aromatic rings. The molecular formula is C10H18N2O3. The molecule has 4 N–H and O–H groups in total. The lowest BCUT2D eigenvalue weighted by molar-refractivity contribution is -0.138. The largest absolute Gasteiger partial charge is 0.480 e. The standard InChI is InChI=1S/C10H18N2O3/c11-5-7-1-3-8(4-2-7)10(15)12-6-9(13)14/h7-8H,1-6,11H2,(H,12,15)(H,13,14)/t7-,8-. The Kier molecular flexibility index (Phi) is 4.55. The maximum absolute atomic E-state index is 11.5. The van der Waals surface area contributed by atoms with E-state index in [2.05, 4.69) is 5.32 Å². The second kappa shape index (κ2) is 5.70. The molecule has 1 aliphatic carbocycles. The summed E-state index contributed by atoms with van der Waals surface area (Å²) < 4.78 is 0. The first-order valence-electron chi connectivity index (χ1n) is 5.33. The number of carbonyl (C=O) groups excluding carboxylic acids is 1. The Labute approximate surface area is 89.0 Å². The fraction of sp³-hybridized carbons (Fsp3) is 0.800. The van der Waals surface area contributed by atoms with Crippen molar-refractivity contribution in [3.05, 3.63) is 0 Å². The highest BCUT2D eigenvalue weighted by Crippen LogP contribution is 2.27. The minimum atomic E-state index is -1.00. The highest BCUT2D eigenvalue weighted by Gasteiger charge is 2.25. The van der Waals surface area contributed by atoms with Crippen LogP contribution in [0.4, 0.5) is 0 Å². The molecule has 1 rings (SSSR count). The number of amides is 1. The number of carbonyl (C=O) groups is 2. The fourth-order valence-corrected chi connectivity index (χ4v) is 1.97. The van der Waals surface area contributed by atoms with E-state index in [4.69, 9.17) is 10.8 Å². The molecule has 5 heteroatoms. The molecule has 5 nitrogen and oxygen atoms in total. The lowest BCUT2D eigenvalue weighted by atomic mass is 9.81. The first kappa shape index (κ1) is 12.0. The summed E-state index contributed by atoms with van der Waals surface area (Å²) in [7, 11) is 0. The van der Waals surface area contributed by atoms with Gasteiger partial charge in [0.1, 0.15) is 6.54 Å². The summed E-state index contributed by atoms with van der Waals surface area (Å²) in [5.74, 6) is -0.618. The van der Waals surface area contributed by atoms with Gasteiger partial charge in [0.05, 0.1) is 0 Å². The summed E-state index contributed by atoms with van der Waals surface area (Å²) in [6.07, 6.45) is 3.60. The number of carboxylic acids is 1. The van der Waals surface area contributed by atoms with Crippen molar-refractivity contribution in [3.8, 4) is 0 Å². The smallest absolute Gasteiger partial charge is 0.322 e. The van der Waals surface area contributed by atoms with Gasteiger partial charge in [0.25, 0.3) is 0 Å². The minimum Gasteiger partial charge on any atom is -0.480 e. The van der Waals surface area contributed by atoms with E-state index in [9.17, 15) is 9.59 Å². The molecule has 0 aromatic carbocycles. The second-order valence-corrected chi connectivity index (χ2v) is 4.06. The first-order chi connectivity index (χ1) is 7.13. The zero-order valence-electron chi connectivity index (χ0n) is 8.74. The third-order valence-corrected chi connectivity index (χ3v) is 2.96. The summed E-state index contributed by atoms with van der Waals surface area (Å²) in [5, 5.41) is 10.8. The van der Waals surface area contributed by atoms with Crippen LogP contribution in [0.1, 0.15) is 25.7 Å². The van der Waals surface area contributed by atoms with E-state index < -0.39 is 5.97 Å². The quantitative estimate of drug-likeness (QED) is 0.612. The van der Waals surface area contributed by atoms with Crippen molar-refractivity contribution < 1.29 is 14.7 Å². The van der Waals surface area contributed by atoms with Crippen molar-refractivity contribution in [1.29, 1.82) is 0 Å². The van der Waals surface area contributed by atoms with Crippen LogP contribution in [-0.2, 0) is 9.59 Å². The van der Waals surface area contributed by atoms with Gasteiger partial charge in [0.2, 0.25) is 5.91 Å². The van der Waals surface area contributed by atoms with Crippen LogP contribution in [-0.4, -0.2) is 30.1 Å². The van der Waals surface area contributed by atoms with Crippen molar-refractivity contribution in [1.82, 2.24) is 5.32 Å². The SMILES string of the molecule is NC[C@H]1CC[C@H](C(=O)NCC(=O)O)CC1. The van der Waals surface area contributed by atoms with Gasteiger partial charge in [-0.25, -0.2) is 0 Å². The van der Waals surface area contributed by atoms with Crippen molar-refractivity contribution >= 4 is 11.9 Å². The molecule has 0 saturated heterocycles. The summed E-state index contributed by atoms with van der Waals surface area (Å²) in [6.45, 7) is 0.402. The molecule has 0 spiro atoms. The molecule has 1 saturated carbocycles. The molecule has 1 amide bonds. The number of nitrogens with one attached hydrogen (secondary N) is 1. The van der Waals surface area contributed by atoms with Crippen LogP contribution in [0, 0.1) is 11.8 Å². The number of hydrogen-bond donors (Lipinski definition) is 3. The molecule has 1 aliphatic rings. The van der Waals surface area contributed by atoms with E-state index in [1.165, 1.54) is 0 Å². The molecule has 0 bridgehead atoms. The second-order valence-electron chi connectivity index (χ2n) is 4.06. The van der Waals surface area contributed by atoms with Crippen molar-refractivity contribution in [2.24, 2.45) is 17.6 Å². The minimum absolute atomic E-state index is 0.0212. The van der Waals surface area contributed by atoms with Gasteiger partial charge < -0.3 is 16.2 Å². The average molecular weight is 214 g/mol. The lowest BCUT2D eigenvalue weighted by Gasteiger charge is -2.26. The first-order valence-corrected chi connectivity index (χ1v) is 5.33. The van der Waals surface area contributed by atoms with Crippen LogP contribution < -0.4 is 11.1 Å². The number of aliphatic carboxylic acids is 1. The molecule has 15 heavy (non-hydrogen) atoms. The van der Waals surface area contributed by atoms with Gasteiger partial charge in [-0.1, -0.05) is 0 Å². The maximum atomic E-state index is 11.5. The van der Waals surface area contributed by atoms with Gasteiger partial charge in [0, 0.05) is 5.92 Å². The van der Waals surface area contributed by atoms with Crippen LogP contribution >= 0.6 is 0 Å². The third kappa shape index (κ3) is 3.87. The highest BCUT2D eigenvalue weighted by atomic mass is 16.4. The van der Waals surface area contributed by atoms with E-state index in [0.29, 0.717) is 12.5 Å². The van der Waals surface area contributed by atoms with E-state index in [1.54, 1.807) is 0 Å². The maximum Gasteiger partial charge on any atom is 0.322 e. The van der Waals surface area contributed by atoms with Gasteiger partial charge in [-0.2, -0.15) is 0 Å². The Balaban J connectivity index is 2.27. The van der Waals surface area contributed by atoms with Gasteiger partial charge in [-0.05, 0) is 38.1 Å². The zero-order valence-corrected chi connectivity index (χ0v) is 8.74. The summed E-state index contributed by atoms with van der Waals surface area (Å²) in [4.78, 5) is 21.7. The predicted molar refractivity (Wildman–Crippen MR) is 55.1 cm³/mol. The topological polar surface area (TPSA) is 92.4 Å². The van der Waals surface area contributed by atoms with Gasteiger partial charge in [0.15, 0.2) is 0 Å². The molecule has 0 aliphatic heterocycles. The van der Waals surface area contributed by atoms with Gasteiger partial charge in [-0.15, -0.1) is 0 Å². The Bertz CT molecular complexity index is 235. The Morgan fingerprint density at radius 1 is 1.27 bits per heavy atom. The summed E-state index contributed by atoms with van der Waals surface area (Å²) in [5.41, 5.74) is 5.54. The summed E-state index contributed by atoms with van der Waals surface area (Å²) >= 11 is 0. The third-order valence-electron chi connectivity index (χ3n) is 2.96. The van der Waals surface area contributed by atoms with Crippen molar-refractivity contribution in [3.63, 3.8) is 0 Å². The van der Waals surface area contributed by atoms with Gasteiger partial charge >= 0.3 is 5.97 Å². The molecule has 0 aromatic heterocycles. The molecule has 0 heterocycles. The van der Waals surface area contributed by atoms with E-state index in [0.717, 1.165) is 25.7 Å². The van der Waals surface area contributed by atoms with E-state index >= 15 is 0 Å². The Hall–Kier alpha value is -1.10. The molecule has 86 valence electrons. The number of nitrogens with two attached hydrogens (primary N) is 1. The van der Waals surface area contributed by atoms with Crippen molar-refractivity contribution in [2.45, 2.75) is 25.7 Å². The monoisotopic (exact) mass is 214 g/mol. The number of carboxylic acid groups (broad SMARTS) is 1. The van der Waals surface area contributed by atoms with Crippen LogP contribution in [0.3, 0.4) is 0 Å². The molecule has 1 fully saturated rings. The molecule has 0 radical (unpaired) electrons. The molecular weight excluding hydrogens is 196 g/mol. The van der Waals surface area contributed by atoms with Crippen LogP contribution in [0.25, 0.3) is 0 Å². The summed E-state index contributed by atoms with van der Waals surface area (Å²) in [6, 6.07) is 0. The van der Waals surface area contributed by atoms with Gasteiger partial charge in [-0.3, -0.25) is 9.59 Å². The van der Waals surface area contributed by atoms with Crippen molar-refractivity contribution in [2.75, 3.05) is 13.1 Å². The number of rotatable bonds is 4. The average Bonchev–Trinajstić information content (AvgIpc) is 2.26.